The highest BCUT2D eigenvalue weighted by Gasteiger charge is 2.20. The zero-order valence-electron chi connectivity index (χ0n) is 12.2. The fraction of sp³-hybridized carbons (Fsp3) is 0.625. The monoisotopic (exact) mass is 234 g/mol. The Kier molecular flexibility index (Phi) is 5.20. The lowest BCUT2D eigenvalue weighted by Gasteiger charge is -2.31. The molecule has 17 heavy (non-hydrogen) atoms. The molecule has 0 aliphatic rings. The lowest BCUT2D eigenvalue weighted by atomic mass is 10.1. The van der Waals surface area contributed by atoms with Crippen LogP contribution in [-0.4, -0.2) is 20.6 Å². The quantitative estimate of drug-likeness (QED) is 0.504. The number of rotatable bonds is 6. The summed E-state index contributed by atoms with van der Waals surface area (Å²) in [5.41, 5.74) is 4.25. The van der Waals surface area contributed by atoms with Crippen LogP contribution >= 0.6 is 0 Å². The number of nitrogens with zero attached hydrogens (tertiary/aromatic N) is 1. The Morgan fingerprint density at radius 1 is 1.00 bits per heavy atom. The van der Waals surface area contributed by atoms with E-state index in [1.807, 2.05) is 0 Å². The van der Waals surface area contributed by atoms with Gasteiger partial charge in [-0.3, -0.25) is 4.48 Å². The van der Waals surface area contributed by atoms with Crippen LogP contribution in [0.3, 0.4) is 0 Å². The maximum absolute atomic E-state index is 2.34. The third-order valence-corrected chi connectivity index (χ3v) is 3.59. The summed E-state index contributed by atoms with van der Waals surface area (Å²) in [6.07, 6.45) is 5.38. The molecule has 1 nitrogen and oxygen atoms in total. The van der Waals surface area contributed by atoms with Crippen LogP contribution < -0.4 is 4.48 Å². The predicted molar refractivity (Wildman–Crippen MR) is 78.6 cm³/mol. The van der Waals surface area contributed by atoms with E-state index in [0.717, 1.165) is 4.48 Å². The predicted octanol–water partition coefficient (Wildman–Crippen LogP) is 4.45. The minimum absolute atomic E-state index is 1.01. The van der Waals surface area contributed by atoms with E-state index in [2.05, 4.69) is 53.1 Å². The molecule has 0 aliphatic heterocycles. The molecule has 0 aromatic heterocycles. The van der Waals surface area contributed by atoms with Crippen LogP contribution in [0.4, 0.5) is 5.69 Å². The van der Waals surface area contributed by atoms with E-state index in [1.54, 1.807) is 0 Å². The Morgan fingerprint density at radius 2 is 1.71 bits per heavy atom. The maximum Gasteiger partial charge on any atom is 0.135 e. The highest BCUT2D eigenvalue weighted by Crippen LogP contribution is 2.25. The minimum Gasteiger partial charge on any atom is -0.296 e. The molecule has 96 valence electrons. The van der Waals surface area contributed by atoms with Gasteiger partial charge in [0.25, 0.3) is 0 Å². The Morgan fingerprint density at radius 3 is 2.35 bits per heavy atom. The zero-order chi connectivity index (χ0) is 12.9. The molecule has 0 aliphatic carbocycles. The second-order valence-electron chi connectivity index (χ2n) is 5.76. The average molecular weight is 234 g/mol. The summed E-state index contributed by atoms with van der Waals surface area (Å²) in [6, 6.07) is 6.79. The Hall–Kier alpha value is -0.820. The molecule has 0 amide bonds. The summed E-state index contributed by atoms with van der Waals surface area (Å²) < 4.78 is 1.01. The van der Waals surface area contributed by atoms with Gasteiger partial charge in [-0.25, -0.2) is 0 Å². The average Bonchev–Trinajstić information content (AvgIpc) is 2.28. The van der Waals surface area contributed by atoms with E-state index in [1.165, 1.54) is 49.0 Å². The van der Waals surface area contributed by atoms with E-state index in [0.29, 0.717) is 0 Å². The number of hydrogen-bond donors (Lipinski definition) is 0. The van der Waals surface area contributed by atoms with Gasteiger partial charge in [0.2, 0.25) is 0 Å². The van der Waals surface area contributed by atoms with Gasteiger partial charge in [-0.15, -0.1) is 0 Å². The van der Waals surface area contributed by atoms with Crippen molar-refractivity contribution >= 4 is 5.69 Å². The first kappa shape index (κ1) is 14.2. The molecule has 1 heteroatoms. The van der Waals surface area contributed by atoms with E-state index in [9.17, 15) is 0 Å². The van der Waals surface area contributed by atoms with Gasteiger partial charge < -0.3 is 0 Å². The number of unbranched alkanes of at least 4 members (excludes halogenated alkanes) is 3. The van der Waals surface area contributed by atoms with Crippen LogP contribution in [0.15, 0.2) is 18.2 Å². The van der Waals surface area contributed by atoms with Crippen LogP contribution in [0.1, 0.15) is 43.7 Å². The summed E-state index contributed by atoms with van der Waals surface area (Å²) in [4.78, 5) is 0. The second kappa shape index (κ2) is 6.20. The SMILES string of the molecule is CCCCCC[N+](C)(C)c1cc(C)ccc1C. The number of aryl methyl sites for hydroxylation is 2. The fourth-order valence-electron chi connectivity index (χ4n) is 2.43. The van der Waals surface area contributed by atoms with Crippen molar-refractivity contribution in [2.45, 2.75) is 46.5 Å². The molecule has 0 spiro atoms. The van der Waals surface area contributed by atoms with Crippen molar-refractivity contribution in [1.82, 2.24) is 4.48 Å². The van der Waals surface area contributed by atoms with Crippen LogP contribution in [0.25, 0.3) is 0 Å². The standard InChI is InChI=1S/C16H28N/c1-6-7-8-9-12-17(4,5)16-13-14(2)10-11-15(16)3/h10-11,13H,6-9,12H2,1-5H3/q+1. The first-order valence-electron chi connectivity index (χ1n) is 6.88. The molecular weight excluding hydrogens is 206 g/mol. The van der Waals surface area contributed by atoms with Gasteiger partial charge in [-0.1, -0.05) is 31.9 Å². The van der Waals surface area contributed by atoms with Crippen LogP contribution in [0.5, 0.6) is 0 Å². The molecule has 0 saturated carbocycles. The van der Waals surface area contributed by atoms with Crippen molar-refractivity contribution in [3.05, 3.63) is 29.3 Å². The molecule has 0 radical (unpaired) electrons. The van der Waals surface area contributed by atoms with Gasteiger partial charge in [0.05, 0.1) is 20.6 Å². The minimum atomic E-state index is 1.01. The van der Waals surface area contributed by atoms with Crippen molar-refractivity contribution < 1.29 is 0 Å². The number of quaternary nitrogens is 1. The van der Waals surface area contributed by atoms with Gasteiger partial charge in [0, 0.05) is 11.6 Å². The smallest absolute Gasteiger partial charge is 0.135 e. The first-order valence-corrected chi connectivity index (χ1v) is 6.88. The van der Waals surface area contributed by atoms with Crippen molar-refractivity contribution in [3.63, 3.8) is 0 Å². The van der Waals surface area contributed by atoms with E-state index >= 15 is 0 Å². The van der Waals surface area contributed by atoms with Crippen molar-refractivity contribution in [2.24, 2.45) is 0 Å². The zero-order valence-corrected chi connectivity index (χ0v) is 12.2. The molecule has 0 unspecified atom stereocenters. The largest absolute Gasteiger partial charge is 0.296 e. The third kappa shape index (κ3) is 4.16. The number of hydrogen-bond acceptors (Lipinski definition) is 0. The second-order valence-corrected chi connectivity index (χ2v) is 5.76. The van der Waals surface area contributed by atoms with Crippen molar-refractivity contribution in [3.8, 4) is 0 Å². The van der Waals surface area contributed by atoms with E-state index in [-0.39, 0.29) is 0 Å². The van der Waals surface area contributed by atoms with Crippen LogP contribution in [-0.2, 0) is 0 Å². The van der Waals surface area contributed by atoms with Crippen molar-refractivity contribution in [2.75, 3.05) is 20.6 Å². The van der Waals surface area contributed by atoms with Gasteiger partial charge >= 0.3 is 0 Å². The summed E-state index contributed by atoms with van der Waals surface area (Å²) in [5.74, 6) is 0. The summed E-state index contributed by atoms with van der Waals surface area (Å²) in [6.45, 7) is 7.91. The van der Waals surface area contributed by atoms with Gasteiger partial charge in [0.1, 0.15) is 5.69 Å². The summed E-state index contributed by atoms with van der Waals surface area (Å²) >= 11 is 0. The third-order valence-electron chi connectivity index (χ3n) is 3.59. The molecule has 0 fully saturated rings. The van der Waals surface area contributed by atoms with Crippen LogP contribution in [0, 0.1) is 13.8 Å². The van der Waals surface area contributed by atoms with Gasteiger partial charge in [-0.2, -0.15) is 0 Å². The highest BCUT2D eigenvalue weighted by atomic mass is 15.3. The highest BCUT2D eigenvalue weighted by molar-refractivity contribution is 5.51. The summed E-state index contributed by atoms with van der Waals surface area (Å²) in [7, 11) is 4.65. The van der Waals surface area contributed by atoms with Gasteiger partial charge in [0.15, 0.2) is 0 Å². The van der Waals surface area contributed by atoms with Gasteiger partial charge in [-0.05, 0) is 32.3 Å². The van der Waals surface area contributed by atoms with Crippen molar-refractivity contribution in [1.29, 1.82) is 0 Å². The molecule has 1 aromatic carbocycles. The molecule has 0 bridgehead atoms. The fourth-order valence-corrected chi connectivity index (χ4v) is 2.43. The number of benzene rings is 1. The van der Waals surface area contributed by atoms with Crippen LogP contribution in [0.2, 0.25) is 0 Å². The Bertz CT molecular complexity index is 353. The molecule has 1 rings (SSSR count). The lowest BCUT2D eigenvalue weighted by Crippen LogP contribution is -2.41. The topological polar surface area (TPSA) is 0 Å². The molecule has 0 atom stereocenters. The molecule has 0 N–H and O–H groups in total. The lowest BCUT2D eigenvalue weighted by molar-refractivity contribution is 0.381. The maximum atomic E-state index is 2.34. The first-order chi connectivity index (χ1) is 7.97. The Labute approximate surface area is 107 Å². The Balaban J connectivity index is 2.71. The summed E-state index contributed by atoms with van der Waals surface area (Å²) in [5, 5.41) is 0. The van der Waals surface area contributed by atoms with E-state index in [4.69, 9.17) is 0 Å². The normalized spacial score (nSPS) is 11.8. The molecule has 1 aromatic rings. The van der Waals surface area contributed by atoms with E-state index < -0.39 is 0 Å². The molecular formula is C16H28N+. The molecule has 0 saturated heterocycles. The molecule has 0 heterocycles.